The van der Waals surface area contributed by atoms with Crippen LogP contribution in [0.15, 0.2) is 27.7 Å². The van der Waals surface area contributed by atoms with E-state index in [1.807, 2.05) is 6.92 Å². The van der Waals surface area contributed by atoms with Crippen molar-refractivity contribution in [1.29, 1.82) is 0 Å². The molecule has 6 heteroatoms. The van der Waals surface area contributed by atoms with E-state index in [-0.39, 0.29) is 0 Å². The van der Waals surface area contributed by atoms with Crippen molar-refractivity contribution in [2.45, 2.75) is 40.8 Å². The molecular formula is C17H23BrN4S. The summed E-state index contributed by atoms with van der Waals surface area (Å²) in [6, 6.07) is 6.28. The number of hydrogen-bond acceptors (Lipinski definition) is 3. The summed E-state index contributed by atoms with van der Waals surface area (Å²) in [6.07, 6.45) is 0. The van der Waals surface area contributed by atoms with Crippen LogP contribution in [0, 0.1) is 20.8 Å². The van der Waals surface area contributed by atoms with Crippen molar-refractivity contribution >= 4 is 33.2 Å². The number of nitrogens with zero attached hydrogens (tertiary/aromatic N) is 2. The van der Waals surface area contributed by atoms with Crippen LogP contribution in [0.25, 0.3) is 0 Å². The number of benzene rings is 1. The van der Waals surface area contributed by atoms with E-state index in [1.54, 1.807) is 11.3 Å². The number of aromatic nitrogens is 1. The van der Waals surface area contributed by atoms with Gasteiger partial charge in [0.1, 0.15) is 5.01 Å². The normalized spacial score (nSPS) is 11.6. The molecule has 0 radical (unpaired) electrons. The number of halogens is 1. The van der Waals surface area contributed by atoms with E-state index >= 15 is 0 Å². The molecule has 0 saturated heterocycles. The lowest BCUT2D eigenvalue weighted by Gasteiger charge is -2.11. The van der Waals surface area contributed by atoms with Gasteiger partial charge in [0.25, 0.3) is 0 Å². The molecule has 2 N–H and O–H groups in total. The smallest absolute Gasteiger partial charge is 0.191 e. The fourth-order valence-electron chi connectivity index (χ4n) is 2.12. The molecule has 0 aliphatic rings. The summed E-state index contributed by atoms with van der Waals surface area (Å²) in [4.78, 5) is 10.5. The predicted molar refractivity (Wildman–Crippen MR) is 102 cm³/mol. The van der Waals surface area contributed by atoms with Crippen LogP contribution in [0.2, 0.25) is 0 Å². The van der Waals surface area contributed by atoms with Crippen LogP contribution in [0.4, 0.5) is 0 Å². The van der Waals surface area contributed by atoms with Crippen LogP contribution >= 0.6 is 27.3 Å². The van der Waals surface area contributed by atoms with Crippen LogP contribution in [0.3, 0.4) is 0 Å². The summed E-state index contributed by atoms with van der Waals surface area (Å²) in [7, 11) is 0. The molecule has 0 saturated carbocycles. The Hall–Kier alpha value is -1.40. The fourth-order valence-corrected chi connectivity index (χ4v) is 3.47. The zero-order valence-corrected chi connectivity index (χ0v) is 16.4. The second-order valence-corrected chi connectivity index (χ2v) is 7.57. The molecule has 0 atom stereocenters. The quantitative estimate of drug-likeness (QED) is 0.592. The van der Waals surface area contributed by atoms with Crippen LogP contribution in [-0.4, -0.2) is 17.5 Å². The number of aliphatic imine (C=N–C) groups is 1. The van der Waals surface area contributed by atoms with E-state index in [9.17, 15) is 0 Å². The number of rotatable bonds is 5. The van der Waals surface area contributed by atoms with Crippen LogP contribution in [-0.2, 0) is 13.1 Å². The number of thiazole rings is 1. The highest BCUT2D eigenvalue weighted by molar-refractivity contribution is 9.10. The van der Waals surface area contributed by atoms with E-state index in [2.05, 4.69) is 75.5 Å². The van der Waals surface area contributed by atoms with Gasteiger partial charge in [-0.25, -0.2) is 9.98 Å². The Balaban J connectivity index is 2.01. The molecule has 0 aliphatic heterocycles. The van der Waals surface area contributed by atoms with Gasteiger partial charge >= 0.3 is 0 Å². The summed E-state index contributed by atoms with van der Waals surface area (Å²) >= 11 is 5.22. The molecule has 1 heterocycles. The van der Waals surface area contributed by atoms with Crippen molar-refractivity contribution in [2.24, 2.45) is 4.99 Å². The second-order valence-electron chi connectivity index (χ2n) is 5.37. The van der Waals surface area contributed by atoms with E-state index in [1.165, 1.54) is 16.0 Å². The van der Waals surface area contributed by atoms with Gasteiger partial charge in [-0.05, 0) is 51.0 Å². The summed E-state index contributed by atoms with van der Waals surface area (Å²) < 4.78 is 1.10. The summed E-state index contributed by atoms with van der Waals surface area (Å²) in [5.74, 6) is 0.820. The van der Waals surface area contributed by atoms with E-state index in [4.69, 9.17) is 0 Å². The van der Waals surface area contributed by atoms with E-state index < -0.39 is 0 Å². The minimum Gasteiger partial charge on any atom is -0.357 e. The molecule has 1 aromatic carbocycles. The molecule has 0 amide bonds. The first-order valence-electron chi connectivity index (χ1n) is 7.69. The Kier molecular flexibility index (Phi) is 6.59. The molecule has 0 fully saturated rings. The molecule has 1 aromatic heterocycles. The van der Waals surface area contributed by atoms with Crippen molar-refractivity contribution in [3.63, 3.8) is 0 Å². The van der Waals surface area contributed by atoms with Gasteiger partial charge in [-0.3, -0.25) is 0 Å². The molecule has 23 heavy (non-hydrogen) atoms. The SMILES string of the molecule is CCNC(=NCc1ccc(Br)cc1C)NCc1nc(C)c(C)s1. The van der Waals surface area contributed by atoms with Gasteiger partial charge in [0.15, 0.2) is 5.96 Å². The van der Waals surface area contributed by atoms with Crippen molar-refractivity contribution in [3.8, 4) is 0 Å². The zero-order chi connectivity index (χ0) is 16.8. The Morgan fingerprint density at radius 2 is 2.04 bits per heavy atom. The third-order valence-electron chi connectivity index (χ3n) is 3.54. The summed E-state index contributed by atoms with van der Waals surface area (Å²) in [5.41, 5.74) is 3.58. The maximum absolute atomic E-state index is 4.67. The Bertz CT molecular complexity index is 674. The molecule has 0 unspecified atom stereocenters. The second kappa shape index (κ2) is 8.45. The van der Waals surface area contributed by atoms with Gasteiger partial charge in [0, 0.05) is 15.9 Å². The average Bonchev–Trinajstić information content (AvgIpc) is 2.82. The first kappa shape index (κ1) is 17.9. The zero-order valence-electron chi connectivity index (χ0n) is 14.0. The standard InChI is InChI=1S/C17H23BrN4S/c1-5-19-17(21-10-16-22-12(3)13(4)23-16)20-9-14-6-7-15(18)8-11(14)2/h6-8H,5,9-10H2,1-4H3,(H2,19,20,21). The lowest BCUT2D eigenvalue weighted by atomic mass is 10.1. The minimum atomic E-state index is 0.657. The Morgan fingerprint density at radius 3 is 2.65 bits per heavy atom. The third-order valence-corrected chi connectivity index (χ3v) is 5.10. The van der Waals surface area contributed by atoms with Crippen molar-refractivity contribution < 1.29 is 0 Å². The highest BCUT2D eigenvalue weighted by atomic mass is 79.9. The summed E-state index contributed by atoms with van der Waals surface area (Å²) in [5, 5.41) is 7.73. The first-order chi connectivity index (χ1) is 11.0. The average molecular weight is 395 g/mol. The molecule has 0 aliphatic carbocycles. The van der Waals surface area contributed by atoms with Crippen molar-refractivity contribution in [3.05, 3.63) is 49.4 Å². The molecule has 124 valence electrons. The van der Waals surface area contributed by atoms with Crippen LogP contribution < -0.4 is 10.6 Å². The maximum Gasteiger partial charge on any atom is 0.191 e. The number of nitrogens with one attached hydrogen (secondary N) is 2. The Morgan fingerprint density at radius 1 is 1.26 bits per heavy atom. The van der Waals surface area contributed by atoms with Gasteiger partial charge in [-0.2, -0.15) is 0 Å². The number of guanidine groups is 1. The molecule has 0 spiro atoms. The van der Waals surface area contributed by atoms with Gasteiger partial charge in [0.05, 0.1) is 18.8 Å². The third kappa shape index (κ3) is 5.32. The molecule has 2 aromatic rings. The predicted octanol–water partition coefficient (Wildman–Crippen LogP) is 4.09. The molecular weight excluding hydrogens is 372 g/mol. The lowest BCUT2D eigenvalue weighted by Crippen LogP contribution is -2.36. The largest absolute Gasteiger partial charge is 0.357 e. The Labute approximate surface area is 150 Å². The maximum atomic E-state index is 4.67. The minimum absolute atomic E-state index is 0.657. The van der Waals surface area contributed by atoms with Gasteiger partial charge in [-0.15, -0.1) is 11.3 Å². The monoisotopic (exact) mass is 394 g/mol. The lowest BCUT2D eigenvalue weighted by molar-refractivity contribution is 0.809. The fraction of sp³-hybridized carbons (Fsp3) is 0.412. The summed E-state index contributed by atoms with van der Waals surface area (Å²) in [6.45, 7) is 10.5. The van der Waals surface area contributed by atoms with Crippen molar-refractivity contribution in [1.82, 2.24) is 15.6 Å². The highest BCUT2D eigenvalue weighted by Gasteiger charge is 2.05. The van der Waals surface area contributed by atoms with Gasteiger partial charge in [0.2, 0.25) is 0 Å². The molecule has 0 bridgehead atoms. The first-order valence-corrected chi connectivity index (χ1v) is 9.30. The number of aryl methyl sites for hydroxylation is 3. The van der Waals surface area contributed by atoms with E-state index in [0.29, 0.717) is 13.1 Å². The highest BCUT2D eigenvalue weighted by Crippen LogP contribution is 2.17. The molecule has 4 nitrogen and oxygen atoms in total. The van der Waals surface area contributed by atoms with Gasteiger partial charge < -0.3 is 10.6 Å². The van der Waals surface area contributed by atoms with Gasteiger partial charge in [-0.1, -0.05) is 22.0 Å². The van der Waals surface area contributed by atoms with Crippen LogP contribution in [0.5, 0.6) is 0 Å². The topological polar surface area (TPSA) is 49.3 Å². The van der Waals surface area contributed by atoms with Crippen LogP contribution in [0.1, 0.15) is 33.6 Å². The van der Waals surface area contributed by atoms with E-state index in [0.717, 1.165) is 27.7 Å². The van der Waals surface area contributed by atoms with Crippen molar-refractivity contribution in [2.75, 3.05) is 6.54 Å². The number of hydrogen-bond donors (Lipinski definition) is 2. The molecule has 2 rings (SSSR count).